The van der Waals surface area contributed by atoms with E-state index in [1.807, 2.05) is 0 Å². The van der Waals surface area contributed by atoms with Gasteiger partial charge in [-0.3, -0.25) is 0 Å². The topological polar surface area (TPSA) is 132 Å². The molecule has 0 aliphatic heterocycles. The van der Waals surface area contributed by atoms with Crippen LogP contribution in [0.3, 0.4) is 0 Å². The van der Waals surface area contributed by atoms with Gasteiger partial charge < -0.3 is 30.6 Å². The maximum Gasteiger partial charge on any atom is 2.00 e. The summed E-state index contributed by atoms with van der Waals surface area (Å²) in [4.78, 5) is 16.5. The Morgan fingerprint density at radius 3 is 0.800 bits per heavy atom. The van der Waals surface area contributed by atoms with Gasteiger partial charge in [0.15, 0.2) is 0 Å². The van der Waals surface area contributed by atoms with E-state index in [4.69, 9.17) is 30.6 Å². The summed E-state index contributed by atoms with van der Waals surface area (Å²) in [5, 5.41) is 29.5. The zero-order chi connectivity index (χ0) is 7.15. The van der Waals surface area contributed by atoms with E-state index in [-0.39, 0.29) is 44.1 Å². The Hall–Kier alpha value is -0.145. The van der Waals surface area contributed by atoms with Crippen molar-refractivity contribution in [1.82, 2.24) is 0 Å². The van der Waals surface area contributed by atoms with E-state index >= 15 is 0 Å². The van der Waals surface area contributed by atoms with Gasteiger partial charge >= 0.3 is 23.1 Å². The molecule has 0 heterocycles. The van der Waals surface area contributed by atoms with Crippen LogP contribution in [0.2, 0.25) is 0 Å². The van der Waals surface area contributed by atoms with Gasteiger partial charge in [0, 0.05) is 21.1 Å². The molecule has 10 heavy (non-hydrogen) atoms. The average Bonchev–Trinajstić information content (AvgIpc) is 1.25. The Balaban J connectivity index is -0.0000000300. The first-order valence-electron chi connectivity index (χ1n) is 1.10. The molecule has 0 bridgehead atoms. The van der Waals surface area contributed by atoms with Crippen LogP contribution in [0.25, 0.3) is 0 Å². The summed E-state index contributed by atoms with van der Waals surface area (Å²) in [6, 6.07) is 0. The van der Waals surface area contributed by atoms with E-state index in [2.05, 4.69) is 0 Å². The molecule has 0 N–H and O–H groups in total. The summed E-state index contributed by atoms with van der Waals surface area (Å²) in [7, 11) is 0. The zero-order valence-electron chi connectivity index (χ0n) is 4.46. The van der Waals surface area contributed by atoms with Crippen molar-refractivity contribution in [2.75, 3.05) is 0 Å². The summed E-state index contributed by atoms with van der Waals surface area (Å²) in [6.07, 6.45) is 0. The van der Waals surface area contributed by atoms with Gasteiger partial charge in [0.2, 0.25) is 0 Å². The first-order chi connectivity index (χ1) is 3.46. The third-order valence-corrected chi connectivity index (χ3v) is 0. The van der Waals surface area contributed by atoms with Gasteiger partial charge in [-0.15, -0.1) is 0 Å². The number of hydrogen-bond donors (Lipinski definition) is 0. The summed E-state index contributed by atoms with van der Waals surface area (Å²) in [5.41, 5.74) is 0. The molecular formula is MgMoN2O6. The predicted molar refractivity (Wildman–Crippen MR) is 26.5 cm³/mol. The normalized spacial score (nSPS) is 4.80. The first-order valence-corrected chi connectivity index (χ1v) is 1.10. The van der Waals surface area contributed by atoms with E-state index in [0.29, 0.717) is 0 Å². The van der Waals surface area contributed by atoms with Crippen LogP contribution in [0.4, 0.5) is 0 Å². The van der Waals surface area contributed by atoms with Crippen LogP contribution in [-0.4, -0.2) is 33.2 Å². The molecule has 0 amide bonds. The van der Waals surface area contributed by atoms with Gasteiger partial charge in [0.25, 0.3) is 0 Å². The Labute approximate surface area is 84.8 Å². The van der Waals surface area contributed by atoms with Crippen molar-refractivity contribution < 1.29 is 31.2 Å². The van der Waals surface area contributed by atoms with Gasteiger partial charge in [-0.1, -0.05) is 0 Å². The number of rotatable bonds is 0. The number of hydrogen-bond acceptors (Lipinski definition) is 6. The van der Waals surface area contributed by atoms with Gasteiger partial charge in [-0.25, -0.2) is 0 Å². The molecule has 8 nitrogen and oxygen atoms in total. The molecule has 10 heteroatoms. The molecule has 0 aliphatic carbocycles. The molecule has 0 saturated heterocycles. The van der Waals surface area contributed by atoms with Crippen molar-refractivity contribution in [3.63, 3.8) is 0 Å². The Kier molecular flexibility index (Phi) is 35.9. The standard InChI is InChI=1S/Mg.Mo.2NO3/c;;2*2-1(3)4/q+2;;2*-1. The van der Waals surface area contributed by atoms with E-state index in [1.54, 1.807) is 0 Å². The van der Waals surface area contributed by atoms with Crippen LogP contribution in [0, 0.1) is 30.6 Å². The fraction of sp³-hybridized carbons (Fsp3) is 0. The van der Waals surface area contributed by atoms with Gasteiger partial charge in [0.1, 0.15) is 0 Å². The second-order valence-corrected chi connectivity index (χ2v) is 0.447. The van der Waals surface area contributed by atoms with Crippen molar-refractivity contribution >= 4 is 23.1 Å². The van der Waals surface area contributed by atoms with Crippen LogP contribution in [-0.2, 0) is 21.1 Å². The third-order valence-electron chi connectivity index (χ3n) is 0. The van der Waals surface area contributed by atoms with E-state index in [0.717, 1.165) is 0 Å². The Morgan fingerprint density at radius 1 is 0.800 bits per heavy atom. The Morgan fingerprint density at radius 2 is 0.800 bits per heavy atom. The quantitative estimate of drug-likeness (QED) is 0.309. The summed E-state index contributed by atoms with van der Waals surface area (Å²) in [5.74, 6) is 0. The van der Waals surface area contributed by atoms with Crippen LogP contribution in [0.5, 0.6) is 0 Å². The molecule has 0 saturated carbocycles. The molecular weight excluding hydrogens is 244 g/mol. The van der Waals surface area contributed by atoms with Crippen molar-refractivity contribution in [1.29, 1.82) is 0 Å². The molecule has 0 spiro atoms. The van der Waals surface area contributed by atoms with Crippen molar-refractivity contribution in [3.8, 4) is 0 Å². The van der Waals surface area contributed by atoms with Crippen LogP contribution < -0.4 is 0 Å². The van der Waals surface area contributed by atoms with Gasteiger partial charge in [-0.2, -0.15) is 0 Å². The van der Waals surface area contributed by atoms with Gasteiger partial charge in [0.05, 0.1) is 10.2 Å². The molecule has 0 aromatic heterocycles. The fourth-order valence-corrected chi connectivity index (χ4v) is 0. The molecule has 0 aliphatic rings. The third kappa shape index (κ3) is 17400. The predicted octanol–water partition coefficient (Wildman–Crippen LogP) is -0.862. The average molecular weight is 244 g/mol. The molecule has 0 radical (unpaired) electrons. The molecule has 0 rings (SSSR count). The maximum atomic E-state index is 8.25. The van der Waals surface area contributed by atoms with Crippen LogP contribution in [0.1, 0.15) is 0 Å². The van der Waals surface area contributed by atoms with Crippen molar-refractivity contribution in [3.05, 3.63) is 30.6 Å². The zero-order valence-corrected chi connectivity index (χ0v) is 7.88. The second kappa shape index (κ2) is 15.9. The van der Waals surface area contributed by atoms with E-state index in [1.165, 1.54) is 0 Å². The second-order valence-electron chi connectivity index (χ2n) is 0.447. The SMILES string of the molecule is O=[N+]([O-])[O-].O=[N+]([O-])[O-].[Mg+2].[Mo]. The van der Waals surface area contributed by atoms with E-state index < -0.39 is 10.2 Å². The van der Waals surface area contributed by atoms with E-state index in [9.17, 15) is 0 Å². The van der Waals surface area contributed by atoms with Crippen molar-refractivity contribution in [2.45, 2.75) is 0 Å². The minimum atomic E-state index is -1.75. The minimum Gasteiger partial charge on any atom is -0.356 e. The van der Waals surface area contributed by atoms with Crippen LogP contribution >= 0.6 is 0 Å². The summed E-state index contributed by atoms with van der Waals surface area (Å²) < 4.78 is 0. The molecule has 0 aromatic rings. The van der Waals surface area contributed by atoms with Crippen LogP contribution in [0.15, 0.2) is 0 Å². The minimum absolute atomic E-state index is 0. The first kappa shape index (κ1) is 22.5. The Bertz CT molecular complexity index is 73.7. The monoisotopic (exact) mass is 246 g/mol. The summed E-state index contributed by atoms with van der Waals surface area (Å²) in [6.45, 7) is 0. The summed E-state index contributed by atoms with van der Waals surface area (Å²) >= 11 is 0. The molecule has 0 fully saturated rings. The largest absolute Gasteiger partial charge is 2.00 e. The van der Waals surface area contributed by atoms with Gasteiger partial charge in [-0.05, 0) is 0 Å². The molecule has 0 unspecified atom stereocenters. The smallest absolute Gasteiger partial charge is 0.356 e. The molecule has 54 valence electrons. The molecule has 0 atom stereocenters. The number of nitrogens with zero attached hydrogens (tertiary/aromatic N) is 2. The fourth-order valence-electron chi connectivity index (χ4n) is 0. The maximum absolute atomic E-state index is 8.25. The van der Waals surface area contributed by atoms with Crippen molar-refractivity contribution in [2.24, 2.45) is 0 Å². The molecule has 0 aromatic carbocycles.